The standard InChI is InChI=1S/C21H22FN3.2ClH/c22-19-8-4-7-18(13-19)21-23-14-20(24-21)15-25-11-9-17(10-12-25)16-5-2-1-3-6-16;;/h1-8,13-14,17H,9-12,15H2,(H,23,24);2*1H. The van der Waals surface area contributed by atoms with Gasteiger partial charge in [0.25, 0.3) is 0 Å². The number of aromatic nitrogens is 2. The van der Waals surface area contributed by atoms with E-state index in [1.807, 2.05) is 12.3 Å². The van der Waals surface area contributed by atoms with Crippen LogP contribution in [0.15, 0.2) is 60.8 Å². The van der Waals surface area contributed by atoms with Crippen molar-refractivity contribution in [3.05, 3.63) is 77.9 Å². The Morgan fingerprint density at radius 1 is 1.00 bits per heavy atom. The van der Waals surface area contributed by atoms with Gasteiger partial charge in [0.15, 0.2) is 0 Å². The normalized spacial score (nSPS) is 15.0. The zero-order valence-corrected chi connectivity index (χ0v) is 16.6. The van der Waals surface area contributed by atoms with Gasteiger partial charge in [-0.15, -0.1) is 24.8 Å². The highest BCUT2D eigenvalue weighted by atomic mass is 35.5. The molecule has 0 aliphatic carbocycles. The molecule has 0 saturated carbocycles. The molecular formula is C21H24Cl2FN3. The lowest BCUT2D eigenvalue weighted by atomic mass is 9.89. The van der Waals surface area contributed by atoms with E-state index in [0.29, 0.717) is 5.92 Å². The second-order valence-corrected chi connectivity index (χ2v) is 6.73. The number of nitrogens with one attached hydrogen (secondary N) is 1. The molecule has 1 saturated heterocycles. The number of aromatic amines is 1. The van der Waals surface area contributed by atoms with Crippen LogP contribution in [-0.4, -0.2) is 28.0 Å². The van der Waals surface area contributed by atoms with E-state index in [4.69, 9.17) is 0 Å². The summed E-state index contributed by atoms with van der Waals surface area (Å²) in [4.78, 5) is 10.2. The van der Waals surface area contributed by atoms with Crippen molar-refractivity contribution >= 4 is 24.8 Å². The van der Waals surface area contributed by atoms with Crippen molar-refractivity contribution in [3.8, 4) is 11.4 Å². The minimum Gasteiger partial charge on any atom is -0.341 e. The third-order valence-electron chi connectivity index (χ3n) is 4.98. The third kappa shape index (κ3) is 5.32. The molecule has 3 aromatic rings. The smallest absolute Gasteiger partial charge is 0.137 e. The number of likely N-dealkylation sites (tertiary alicyclic amines) is 1. The van der Waals surface area contributed by atoms with Crippen LogP contribution in [0.1, 0.15) is 30.0 Å². The van der Waals surface area contributed by atoms with E-state index in [1.165, 1.54) is 30.5 Å². The van der Waals surface area contributed by atoms with Crippen LogP contribution >= 0.6 is 24.8 Å². The van der Waals surface area contributed by atoms with Crippen molar-refractivity contribution in [1.82, 2.24) is 14.9 Å². The summed E-state index contributed by atoms with van der Waals surface area (Å²) in [5, 5.41) is 0. The molecule has 1 aliphatic heterocycles. The Kier molecular flexibility index (Phi) is 7.84. The molecule has 0 radical (unpaired) electrons. The minimum absolute atomic E-state index is 0. The lowest BCUT2D eigenvalue weighted by molar-refractivity contribution is 0.203. The van der Waals surface area contributed by atoms with Gasteiger partial charge in [0, 0.05) is 24.0 Å². The molecule has 0 bridgehead atoms. The molecule has 0 amide bonds. The molecule has 0 unspecified atom stereocenters. The molecule has 2 aromatic carbocycles. The number of H-pyrrole nitrogens is 1. The molecule has 2 heterocycles. The maximum atomic E-state index is 13.4. The van der Waals surface area contributed by atoms with E-state index in [2.05, 4.69) is 45.2 Å². The first-order chi connectivity index (χ1) is 12.3. The number of imidazole rings is 1. The SMILES string of the molecule is Cl.Cl.Fc1cccc(-c2ncc(CN3CCC(c4ccccc4)CC3)[nH]2)c1. The van der Waals surface area contributed by atoms with Crippen LogP contribution in [0.25, 0.3) is 11.4 Å². The molecule has 1 N–H and O–H groups in total. The van der Waals surface area contributed by atoms with Gasteiger partial charge in [-0.2, -0.15) is 0 Å². The average Bonchev–Trinajstić information content (AvgIpc) is 3.12. The van der Waals surface area contributed by atoms with Crippen LogP contribution < -0.4 is 0 Å². The number of hydrogen-bond acceptors (Lipinski definition) is 2. The van der Waals surface area contributed by atoms with Crippen LogP contribution in [0, 0.1) is 5.82 Å². The Morgan fingerprint density at radius 3 is 2.44 bits per heavy atom. The summed E-state index contributed by atoms with van der Waals surface area (Å²) >= 11 is 0. The number of benzene rings is 2. The third-order valence-corrected chi connectivity index (χ3v) is 4.98. The molecule has 1 aliphatic rings. The Balaban J connectivity index is 0.00000131. The van der Waals surface area contributed by atoms with Gasteiger partial charge in [0.2, 0.25) is 0 Å². The fourth-order valence-corrected chi connectivity index (χ4v) is 3.61. The van der Waals surface area contributed by atoms with Gasteiger partial charge >= 0.3 is 0 Å². The largest absolute Gasteiger partial charge is 0.341 e. The van der Waals surface area contributed by atoms with E-state index in [1.54, 1.807) is 6.07 Å². The highest BCUT2D eigenvalue weighted by Gasteiger charge is 2.20. The molecule has 0 spiro atoms. The Hall–Kier alpha value is -1.88. The van der Waals surface area contributed by atoms with Gasteiger partial charge in [-0.3, -0.25) is 4.90 Å². The first kappa shape index (κ1) is 21.4. The van der Waals surface area contributed by atoms with Gasteiger partial charge in [-0.05, 0) is 49.5 Å². The van der Waals surface area contributed by atoms with Gasteiger partial charge in [-0.1, -0.05) is 42.5 Å². The number of rotatable bonds is 4. The van der Waals surface area contributed by atoms with Crippen molar-refractivity contribution in [2.24, 2.45) is 0 Å². The molecule has 6 heteroatoms. The summed E-state index contributed by atoms with van der Waals surface area (Å²) in [7, 11) is 0. The van der Waals surface area contributed by atoms with E-state index >= 15 is 0 Å². The van der Waals surface area contributed by atoms with E-state index in [-0.39, 0.29) is 30.6 Å². The molecule has 144 valence electrons. The molecule has 1 fully saturated rings. The first-order valence-electron chi connectivity index (χ1n) is 8.85. The first-order valence-corrected chi connectivity index (χ1v) is 8.85. The summed E-state index contributed by atoms with van der Waals surface area (Å²) in [5.41, 5.74) is 3.32. The quantitative estimate of drug-likeness (QED) is 0.624. The van der Waals surface area contributed by atoms with Gasteiger partial charge < -0.3 is 4.98 Å². The van der Waals surface area contributed by atoms with Crippen LogP contribution in [0.3, 0.4) is 0 Å². The Morgan fingerprint density at radius 2 is 1.74 bits per heavy atom. The Bertz CT molecular complexity index is 830. The molecule has 0 atom stereocenters. The van der Waals surface area contributed by atoms with Gasteiger partial charge in [-0.25, -0.2) is 9.37 Å². The maximum absolute atomic E-state index is 13.4. The van der Waals surface area contributed by atoms with Gasteiger partial charge in [0.1, 0.15) is 11.6 Å². The number of hydrogen-bond donors (Lipinski definition) is 1. The summed E-state index contributed by atoms with van der Waals surface area (Å²) in [5.74, 6) is 1.16. The second-order valence-electron chi connectivity index (χ2n) is 6.73. The maximum Gasteiger partial charge on any atom is 0.137 e. The zero-order valence-electron chi connectivity index (χ0n) is 15.0. The predicted molar refractivity (Wildman–Crippen MR) is 112 cm³/mol. The summed E-state index contributed by atoms with van der Waals surface area (Å²) in [6, 6.07) is 17.3. The number of piperidine rings is 1. The van der Waals surface area contributed by atoms with E-state index in [0.717, 1.165) is 36.7 Å². The monoisotopic (exact) mass is 407 g/mol. The van der Waals surface area contributed by atoms with Crippen molar-refractivity contribution in [2.75, 3.05) is 13.1 Å². The lowest BCUT2D eigenvalue weighted by Gasteiger charge is -2.31. The van der Waals surface area contributed by atoms with Crippen molar-refractivity contribution in [1.29, 1.82) is 0 Å². The van der Waals surface area contributed by atoms with Crippen molar-refractivity contribution in [3.63, 3.8) is 0 Å². The molecule has 1 aromatic heterocycles. The van der Waals surface area contributed by atoms with Crippen LogP contribution in [0.4, 0.5) is 4.39 Å². The fraction of sp³-hybridized carbons (Fsp3) is 0.286. The Labute approximate surface area is 171 Å². The summed E-state index contributed by atoms with van der Waals surface area (Å²) < 4.78 is 13.4. The highest BCUT2D eigenvalue weighted by Crippen LogP contribution is 2.28. The van der Waals surface area contributed by atoms with Crippen molar-refractivity contribution in [2.45, 2.75) is 25.3 Å². The number of nitrogens with zero attached hydrogens (tertiary/aromatic N) is 2. The second kappa shape index (κ2) is 9.88. The molecular weight excluding hydrogens is 384 g/mol. The predicted octanol–water partition coefficient (Wildman–Crippen LogP) is 5.44. The highest BCUT2D eigenvalue weighted by molar-refractivity contribution is 5.85. The molecule has 27 heavy (non-hydrogen) atoms. The van der Waals surface area contributed by atoms with Crippen molar-refractivity contribution < 1.29 is 4.39 Å². The van der Waals surface area contributed by atoms with Crippen LogP contribution in [0.5, 0.6) is 0 Å². The van der Waals surface area contributed by atoms with Crippen LogP contribution in [0.2, 0.25) is 0 Å². The average molecular weight is 408 g/mol. The summed E-state index contributed by atoms with van der Waals surface area (Å²) in [6.07, 6.45) is 4.24. The molecule has 4 rings (SSSR count). The fourth-order valence-electron chi connectivity index (χ4n) is 3.61. The zero-order chi connectivity index (χ0) is 17.1. The van der Waals surface area contributed by atoms with Crippen LogP contribution in [-0.2, 0) is 6.54 Å². The lowest BCUT2D eigenvalue weighted by Crippen LogP contribution is -2.32. The van der Waals surface area contributed by atoms with E-state index < -0.39 is 0 Å². The van der Waals surface area contributed by atoms with Gasteiger partial charge in [0.05, 0.1) is 0 Å². The summed E-state index contributed by atoms with van der Waals surface area (Å²) in [6.45, 7) is 3.05. The number of halogens is 3. The molecule has 3 nitrogen and oxygen atoms in total. The van der Waals surface area contributed by atoms with E-state index in [9.17, 15) is 4.39 Å². The minimum atomic E-state index is -0.238. The topological polar surface area (TPSA) is 31.9 Å².